The summed E-state index contributed by atoms with van der Waals surface area (Å²) in [4.78, 5) is 54.3. The molecule has 0 aromatic heterocycles. The minimum atomic E-state index is -0.998. The first-order valence-electron chi connectivity index (χ1n) is 15.1. The van der Waals surface area contributed by atoms with Crippen LogP contribution in [0.3, 0.4) is 0 Å². The van der Waals surface area contributed by atoms with Crippen LogP contribution in [0.15, 0.2) is 42.5 Å². The molecule has 4 amide bonds. The lowest BCUT2D eigenvalue weighted by atomic mass is 10.0. The van der Waals surface area contributed by atoms with Crippen LogP contribution in [0.5, 0.6) is 0 Å². The molecule has 8 heteroatoms. The Bertz CT molecular complexity index is 1160. The number of nitrogens with one attached hydrogen (secondary N) is 3. The molecule has 0 bridgehead atoms. The van der Waals surface area contributed by atoms with Gasteiger partial charge in [-0.2, -0.15) is 0 Å². The Morgan fingerprint density at radius 2 is 1.48 bits per heavy atom. The molecule has 2 heterocycles. The molecule has 2 aliphatic rings. The second kappa shape index (κ2) is 15.4. The molecule has 0 radical (unpaired) electrons. The smallest absolute Gasteiger partial charge is 0.243 e. The first kappa shape index (κ1) is 29.6. The van der Waals surface area contributed by atoms with Gasteiger partial charge in [-0.15, -0.1) is 0 Å². The number of carbonyl (C=O) groups is 4. The topological polar surface area (TPSA) is 108 Å². The summed E-state index contributed by atoms with van der Waals surface area (Å²) in [5.41, 5.74) is 1.01. The molecule has 2 saturated heterocycles. The number of nitrogens with zero attached hydrogens (tertiary/aromatic N) is 1. The molecule has 0 spiro atoms. The van der Waals surface area contributed by atoms with Gasteiger partial charge in [0.05, 0.1) is 6.42 Å². The average molecular weight is 549 g/mol. The van der Waals surface area contributed by atoms with Crippen molar-refractivity contribution in [3.05, 3.63) is 48.0 Å². The summed E-state index contributed by atoms with van der Waals surface area (Å²) in [6.07, 6.45) is 10.7. The van der Waals surface area contributed by atoms with Crippen molar-refractivity contribution in [2.75, 3.05) is 13.1 Å². The van der Waals surface area contributed by atoms with Crippen LogP contribution in [0.1, 0.15) is 89.0 Å². The zero-order valence-corrected chi connectivity index (χ0v) is 23.6. The van der Waals surface area contributed by atoms with E-state index in [0.717, 1.165) is 80.5 Å². The third-order valence-corrected chi connectivity index (χ3v) is 8.10. The molecule has 0 aliphatic carbocycles. The predicted octanol–water partition coefficient (Wildman–Crippen LogP) is 4.35. The molecule has 4 rings (SSSR count). The van der Waals surface area contributed by atoms with Crippen LogP contribution in [0.2, 0.25) is 0 Å². The van der Waals surface area contributed by atoms with E-state index in [1.807, 2.05) is 42.5 Å². The number of likely N-dealkylation sites (tertiary alicyclic amines) is 1. The van der Waals surface area contributed by atoms with E-state index >= 15 is 0 Å². The number of benzene rings is 2. The van der Waals surface area contributed by atoms with E-state index in [1.165, 1.54) is 0 Å². The Kier molecular flexibility index (Phi) is 11.4. The molecule has 216 valence electrons. The maximum Gasteiger partial charge on any atom is 0.243 e. The highest BCUT2D eigenvalue weighted by molar-refractivity contribution is 5.95. The summed E-state index contributed by atoms with van der Waals surface area (Å²) >= 11 is 0. The third-order valence-electron chi connectivity index (χ3n) is 8.10. The Morgan fingerprint density at radius 1 is 0.800 bits per heavy atom. The SMILES string of the molecule is O=C1CCCCCCCCCC[C@@H](C(=O)NCc2cccc3ccccc23)NC(=O)[C@H](CC(=O)N2CCCC2)N1. The molecule has 2 fully saturated rings. The van der Waals surface area contributed by atoms with Gasteiger partial charge in [-0.05, 0) is 42.0 Å². The van der Waals surface area contributed by atoms with E-state index in [2.05, 4.69) is 16.0 Å². The van der Waals surface area contributed by atoms with Gasteiger partial charge >= 0.3 is 0 Å². The maximum atomic E-state index is 13.5. The molecule has 2 atom stereocenters. The molecule has 2 aromatic rings. The monoisotopic (exact) mass is 548 g/mol. The largest absolute Gasteiger partial charge is 0.350 e. The predicted molar refractivity (Wildman–Crippen MR) is 156 cm³/mol. The van der Waals surface area contributed by atoms with Crippen LogP contribution in [0.25, 0.3) is 10.8 Å². The van der Waals surface area contributed by atoms with Gasteiger partial charge in [0.2, 0.25) is 23.6 Å². The molecule has 8 nitrogen and oxygen atoms in total. The average Bonchev–Trinajstić information content (AvgIpc) is 3.50. The fourth-order valence-corrected chi connectivity index (χ4v) is 5.73. The zero-order valence-electron chi connectivity index (χ0n) is 23.6. The van der Waals surface area contributed by atoms with Gasteiger partial charge < -0.3 is 20.9 Å². The van der Waals surface area contributed by atoms with E-state index in [-0.39, 0.29) is 24.1 Å². The van der Waals surface area contributed by atoms with Crippen LogP contribution < -0.4 is 16.0 Å². The normalized spacial score (nSPS) is 21.9. The molecule has 0 unspecified atom stereocenters. The van der Waals surface area contributed by atoms with Crippen LogP contribution in [-0.2, 0) is 25.7 Å². The number of amides is 4. The summed E-state index contributed by atoms with van der Waals surface area (Å²) in [5, 5.41) is 10.9. The van der Waals surface area contributed by atoms with Gasteiger partial charge in [0.25, 0.3) is 0 Å². The van der Waals surface area contributed by atoms with Gasteiger partial charge in [-0.1, -0.05) is 87.4 Å². The number of rotatable bonds is 5. The molecule has 3 N–H and O–H groups in total. The Morgan fingerprint density at radius 3 is 2.25 bits per heavy atom. The van der Waals surface area contributed by atoms with Crippen LogP contribution in [-0.4, -0.2) is 53.7 Å². The van der Waals surface area contributed by atoms with Crippen LogP contribution in [0, 0.1) is 0 Å². The molecular formula is C32H44N4O4. The van der Waals surface area contributed by atoms with Crippen LogP contribution >= 0.6 is 0 Å². The van der Waals surface area contributed by atoms with E-state index < -0.39 is 18.0 Å². The minimum absolute atomic E-state index is 0.0953. The Hall–Kier alpha value is -3.42. The van der Waals surface area contributed by atoms with Gasteiger partial charge in [0, 0.05) is 26.1 Å². The van der Waals surface area contributed by atoms with E-state index in [4.69, 9.17) is 0 Å². The van der Waals surface area contributed by atoms with Crippen molar-refractivity contribution >= 4 is 34.4 Å². The van der Waals surface area contributed by atoms with Gasteiger partial charge in [0.1, 0.15) is 12.1 Å². The Balaban J connectivity index is 1.46. The summed E-state index contributed by atoms with van der Waals surface area (Å²) in [5.74, 6) is -1.08. The quantitative estimate of drug-likeness (QED) is 0.516. The highest BCUT2D eigenvalue weighted by Crippen LogP contribution is 2.19. The second-order valence-electron chi connectivity index (χ2n) is 11.2. The maximum absolute atomic E-state index is 13.5. The lowest BCUT2D eigenvalue weighted by Gasteiger charge is -2.25. The second-order valence-corrected chi connectivity index (χ2v) is 11.2. The molecular weight excluding hydrogens is 504 g/mol. The van der Waals surface area contributed by atoms with Gasteiger partial charge in [0.15, 0.2) is 0 Å². The van der Waals surface area contributed by atoms with Crippen molar-refractivity contribution in [3.8, 4) is 0 Å². The van der Waals surface area contributed by atoms with Crippen molar-refractivity contribution in [1.82, 2.24) is 20.9 Å². The van der Waals surface area contributed by atoms with Crippen LogP contribution in [0.4, 0.5) is 0 Å². The summed E-state index contributed by atoms with van der Waals surface area (Å²) < 4.78 is 0. The van der Waals surface area contributed by atoms with Crippen molar-refractivity contribution in [2.24, 2.45) is 0 Å². The van der Waals surface area contributed by atoms with Gasteiger partial charge in [-0.3, -0.25) is 19.2 Å². The molecule has 2 aliphatic heterocycles. The zero-order chi connectivity index (χ0) is 28.2. The number of fused-ring (bicyclic) bond motifs is 1. The fraction of sp³-hybridized carbons (Fsp3) is 0.562. The first-order valence-corrected chi connectivity index (χ1v) is 15.1. The van der Waals surface area contributed by atoms with E-state index in [1.54, 1.807) is 4.90 Å². The summed E-state index contributed by atoms with van der Waals surface area (Å²) in [6.45, 7) is 1.71. The fourth-order valence-electron chi connectivity index (χ4n) is 5.73. The lowest BCUT2D eigenvalue weighted by molar-refractivity contribution is -0.136. The standard InChI is InChI=1S/C32H44N4O4/c37-29-19-8-6-4-2-1-3-5-7-18-27(35-32(40)28(34-29)22-30(38)36-20-11-12-21-36)31(39)33-23-25-16-13-15-24-14-9-10-17-26(24)25/h9-10,13-17,27-28H,1-8,11-12,18-23H2,(H,33,39)(H,34,37)(H,35,40)/t27-,28-/m0/s1. The highest BCUT2D eigenvalue weighted by Gasteiger charge is 2.30. The molecule has 2 aromatic carbocycles. The Labute approximate surface area is 237 Å². The molecule has 40 heavy (non-hydrogen) atoms. The summed E-state index contributed by atoms with van der Waals surface area (Å²) in [6, 6.07) is 12.3. The van der Waals surface area contributed by atoms with E-state index in [9.17, 15) is 19.2 Å². The third kappa shape index (κ3) is 8.80. The van der Waals surface area contributed by atoms with E-state index in [0.29, 0.717) is 32.5 Å². The number of hydrogen-bond donors (Lipinski definition) is 3. The van der Waals surface area contributed by atoms with Crippen molar-refractivity contribution in [3.63, 3.8) is 0 Å². The summed E-state index contributed by atoms with van der Waals surface area (Å²) in [7, 11) is 0. The van der Waals surface area contributed by atoms with Crippen molar-refractivity contribution in [2.45, 2.75) is 102 Å². The lowest BCUT2D eigenvalue weighted by Crippen LogP contribution is -2.54. The van der Waals surface area contributed by atoms with Crippen molar-refractivity contribution < 1.29 is 19.2 Å². The first-order chi connectivity index (χ1) is 19.5. The minimum Gasteiger partial charge on any atom is -0.350 e. The number of carbonyl (C=O) groups excluding carboxylic acids is 4. The number of hydrogen-bond acceptors (Lipinski definition) is 4. The molecule has 0 saturated carbocycles. The highest BCUT2D eigenvalue weighted by atomic mass is 16.2. The van der Waals surface area contributed by atoms with Gasteiger partial charge in [-0.25, -0.2) is 0 Å². The van der Waals surface area contributed by atoms with Crippen molar-refractivity contribution in [1.29, 1.82) is 0 Å².